The van der Waals surface area contributed by atoms with E-state index >= 15 is 0 Å². The minimum Gasteiger partial charge on any atom is -0.326 e. The third kappa shape index (κ3) is 2.34. The quantitative estimate of drug-likeness (QED) is 0.895. The third-order valence-electron chi connectivity index (χ3n) is 1.80. The summed E-state index contributed by atoms with van der Waals surface area (Å²) in [6.45, 7) is 0.318. The van der Waals surface area contributed by atoms with E-state index in [4.69, 9.17) is 5.73 Å². The van der Waals surface area contributed by atoms with Crippen molar-refractivity contribution in [1.29, 1.82) is 0 Å². The first-order valence-corrected chi connectivity index (χ1v) is 5.82. The molecular weight excluding hydrogens is 233 g/mol. The summed E-state index contributed by atoms with van der Waals surface area (Å²) >= 11 is 2.50. The molecule has 0 saturated carbocycles. The van der Waals surface area contributed by atoms with E-state index in [1.807, 2.05) is 6.07 Å². The Morgan fingerprint density at radius 1 is 1.47 bits per heavy atom. The molecule has 0 fully saturated rings. The molecular formula is C9H8FN3S2. The molecule has 0 radical (unpaired) electrons. The second kappa shape index (κ2) is 4.69. The van der Waals surface area contributed by atoms with E-state index in [1.54, 1.807) is 6.07 Å². The number of aromatic nitrogens is 2. The van der Waals surface area contributed by atoms with E-state index in [2.05, 4.69) is 9.36 Å². The molecule has 1 aromatic heterocycles. The second-order valence-corrected chi connectivity index (χ2v) is 4.78. The van der Waals surface area contributed by atoms with Gasteiger partial charge in [0.1, 0.15) is 12.1 Å². The van der Waals surface area contributed by atoms with Crippen LogP contribution in [0.2, 0.25) is 0 Å². The van der Waals surface area contributed by atoms with Crippen LogP contribution in [0.3, 0.4) is 0 Å². The van der Waals surface area contributed by atoms with E-state index in [1.165, 1.54) is 35.7 Å². The minimum absolute atomic E-state index is 0.266. The lowest BCUT2D eigenvalue weighted by Gasteiger charge is -2.05. The zero-order valence-corrected chi connectivity index (χ0v) is 9.32. The maximum Gasteiger partial charge on any atom is 0.174 e. The molecule has 1 aromatic carbocycles. The molecule has 2 rings (SSSR count). The van der Waals surface area contributed by atoms with Crippen LogP contribution in [0.15, 0.2) is 33.8 Å². The maximum atomic E-state index is 13.5. The maximum absolute atomic E-state index is 13.5. The van der Waals surface area contributed by atoms with Crippen molar-refractivity contribution in [1.82, 2.24) is 9.36 Å². The van der Waals surface area contributed by atoms with Gasteiger partial charge >= 0.3 is 0 Å². The number of rotatable bonds is 3. The Balaban J connectivity index is 2.34. The van der Waals surface area contributed by atoms with Gasteiger partial charge in [-0.3, -0.25) is 0 Å². The van der Waals surface area contributed by atoms with Gasteiger partial charge in [0.2, 0.25) is 0 Å². The van der Waals surface area contributed by atoms with Crippen LogP contribution in [0.25, 0.3) is 0 Å². The van der Waals surface area contributed by atoms with E-state index in [9.17, 15) is 4.39 Å². The molecule has 78 valence electrons. The van der Waals surface area contributed by atoms with Crippen molar-refractivity contribution >= 4 is 23.3 Å². The number of nitrogens with zero attached hydrogens (tertiary/aromatic N) is 2. The highest BCUT2D eigenvalue weighted by Gasteiger charge is 2.10. The largest absolute Gasteiger partial charge is 0.326 e. The number of halogens is 1. The van der Waals surface area contributed by atoms with E-state index in [0.29, 0.717) is 11.4 Å². The average molecular weight is 241 g/mol. The molecule has 0 unspecified atom stereocenters. The lowest BCUT2D eigenvalue weighted by atomic mass is 10.2. The Morgan fingerprint density at radius 2 is 2.33 bits per heavy atom. The van der Waals surface area contributed by atoms with Crippen molar-refractivity contribution in [2.75, 3.05) is 0 Å². The molecule has 6 heteroatoms. The van der Waals surface area contributed by atoms with Gasteiger partial charge in [-0.05, 0) is 23.2 Å². The number of hydrogen-bond donors (Lipinski definition) is 1. The first kappa shape index (κ1) is 10.5. The summed E-state index contributed by atoms with van der Waals surface area (Å²) in [5.74, 6) is -0.266. The second-order valence-electron chi connectivity index (χ2n) is 2.74. The summed E-state index contributed by atoms with van der Waals surface area (Å²) in [5, 5.41) is 0. The zero-order valence-electron chi connectivity index (χ0n) is 7.68. The summed E-state index contributed by atoms with van der Waals surface area (Å²) in [7, 11) is 0. The van der Waals surface area contributed by atoms with E-state index in [-0.39, 0.29) is 5.82 Å². The molecule has 1 heterocycles. The summed E-state index contributed by atoms with van der Waals surface area (Å²) in [4.78, 5) is 4.53. The van der Waals surface area contributed by atoms with E-state index in [0.717, 1.165) is 9.90 Å². The molecule has 0 atom stereocenters. The highest BCUT2D eigenvalue weighted by atomic mass is 32.2. The molecule has 0 aliphatic heterocycles. The summed E-state index contributed by atoms with van der Waals surface area (Å²) in [6.07, 6.45) is 1.45. The van der Waals surface area contributed by atoms with Crippen molar-refractivity contribution < 1.29 is 4.39 Å². The Bertz CT molecular complexity index is 445. The fraction of sp³-hybridized carbons (Fsp3) is 0.111. The minimum atomic E-state index is -0.266. The summed E-state index contributed by atoms with van der Waals surface area (Å²) in [6, 6.07) is 4.89. The number of benzene rings is 1. The first-order valence-electron chi connectivity index (χ1n) is 4.23. The molecule has 0 bridgehead atoms. The van der Waals surface area contributed by atoms with Gasteiger partial charge in [-0.15, -0.1) is 0 Å². The van der Waals surface area contributed by atoms with Crippen LogP contribution in [0.5, 0.6) is 0 Å². The number of hydrogen-bond acceptors (Lipinski definition) is 5. The molecule has 0 spiro atoms. The van der Waals surface area contributed by atoms with Crippen LogP contribution >= 0.6 is 23.3 Å². The van der Waals surface area contributed by atoms with Crippen molar-refractivity contribution in [2.45, 2.75) is 15.8 Å². The Kier molecular flexibility index (Phi) is 3.30. The fourth-order valence-electron chi connectivity index (χ4n) is 1.12. The highest BCUT2D eigenvalue weighted by Crippen LogP contribution is 2.32. The zero-order chi connectivity index (χ0) is 10.7. The van der Waals surface area contributed by atoms with Gasteiger partial charge in [-0.25, -0.2) is 9.37 Å². The fourth-order valence-corrected chi connectivity index (χ4v) is 2.65. The molecule has 2 N–H and O–H groups in total. The Labute approximate surface area is 94.7 Å². The smallest absolute Gasteiger partial charge is 0.174 e. The molecule has 0 aliphatic carbocycles. The Morgan fingerprint density at radius 3 is 3.00 bits per heavy atom. The lowest BCUT2D eigenvalue weighted by molar-refractivity contribution is 0.597. The van der Waals surface area contributed by atoms with Gasteiger partial charge in [0, 0.05) is 6.54 Å². The standard InChI is InChI=1S/C9H8FN3S2/c10-7-3-1-2-6(4-11)8(7)14-9-12-5-13-15-9/h1-3,5H,4,11H2. The third-order valence-corrected chi connectivity index (χ3v) is 3.68. The molecule has 0 aliphatic rings. The lowest BCUT2D eigenvalue weighted by Crippen LogP contribution is -1.99. The molecule has 3 nitrogen and oxygen atoms in total. The van der Waals surface area contributed by atoms with Crippen LogP contribution in [-0.2, 0) is 6.54 Å². The van der Waals surface area contributed by atoms with Gasteiger partial charge in [0.25, 0.3) is 0 Å². The van der Waals surface area contributed by atoms with Gasteiger partial charge in [0.05, 0.1) is 4.90 Å². The van der Waals surface area contributed by atoms with Gasteiger partial charge in [-0.1, -0.05) is 23.9 Å². The van der Waals surface area contributed by atoms with Crippen molar-refractivity contribution in [3.8, 4) is 0 Å². The highest BCUT2D eigenvalue weighted by molar-refractivity contribution is 8.01. The van der Waals surface area contributed by atoms with Crippen molar-refractivity contribution in [2.24, 2.45) is 5.73 Å². The molecule has 0 saturated heterocycles. The number of nitrogens with two attached hydrogens (primary N) is 1. The van der Waals surface area contributed by atoms with Crippen molar-refractivity contribution in [3.05, 3.63) is 35.9 Å². The normalized spacial score (nSPS) is 10.5. The molecule has 2 aromatic rings. The van der Waals surface area contributed by atoms with Gasteiger partial charge in [0.15, 0.2) is 4.34 Å². The Hall–Kier alpha value is -0.980. The average Bonchev–Trinajstić information content (AvgIpc) is 2.74. The van der Waals surface area contributed by atoms with Crippen LogP contribution in [0.1, 0.15) is 5.56 Å². The molecule has 0 amide bonds. The van der Waals surface area contributed by atoms with Gasteiger partial charge < -0.3 is 5.73 Å². The molecule has 15 heavy (non-hydrogen) atoms. The topological polar surface area (TPSA) is 51.8 Å². The first-order chi connectivity index (χ1) is 7.31. The van der Waals surface area contributed by atoms with Crippen LogP contribution in [0, 0.1) is 5.82 Å². The monoisotopic (exact) mass is 241 g/mol. The van der Waals surface area contributed by atoms with E-state index < -0.39 is 0 Å². The SMILES string of the molecule is NCc1cccc(F)c1Sc1ncns1. The van der Waals surface area contributed by atoms with Crippen LogP contribution in [-0.4, -0.2) is 9.36 Å². The summed E-state index contributed by atoms with van der Waals surface area (Å²) in [5.41, 5.74) is 6.32. The van der Waals surface area contributed by atoms with Crippen molar-refractivity contribution in [3.63, 3.8) is 0 Å². The predicted molar refractivity (Wildman–Crippen MR) is 58.3 cm³/mol. The van der Waals surface area contributed by atoms with Crippen LogP contribution < -0.4 is 5.73 Å². The van der Waals surface area contributed by atoms with Gasteiger partial charge in [-0.2, -0.15) is 4.37 Å². The van der Waals surface area contributed by atoms with Crippen LogP contribution in [0.4, 0.5) is 4.39 Å². The summed E-state index contributed by atoms with van der Waals surface area (Å²) < 4.78 is 18.1. The predicted octanol–water partition coefficient (Wildman–Crippen LogP) is 2.29.